The molecule has 0 radical (unpaired) electrons. The molecule has 2 aromatic carbocycles. The molecule has 0 aromatic heterocycles. The Balaban J connectivity index is 1.63. The first-order valence-corrected chi connectivity index (χ1v) is 9.95. The van der Waals surface area contributed by atoms with Gasteiger partial charge in [-0.2, -0.15) is 0 Å². The van der Waals surface area contributed by atoms with Crippen LogP contribution in [-0.2, 0) is 4.79 Å². The number of carbonyl (C=O) groups excluding carboxylic acids is 2. The molecule has 0 saturated carbocycles. The Bertz CT molecular complexity index is 869. The van der Waals surface area contributed by atoms with Gasteiger partial charge in [0, 0.05) is 30.6 Å². The van der Waals surface area contributed by atoms with Gasteiger partial charge in [-0.15, -0.1) is 0 Å². The summed E-state index contributed by atoms with van der Waals surface area (Å²) in [6, 6.07) is 10.1. The molecule has 0 atom stereocenters. The number of ether oxygens (including phenoxy) is 2. The summed E-state index contributed by atoms with van der Waals surface area (Å²) in [5, 5.41) is 3.60. The summed E-state index contributed by atoms with van der Waals surface area (Å²) in [6.45, 7) is 0.958. The van der Waals surface area contributed by atoms with E-state index in [1.54, 1.807) is 55.5 Å². The molecule has 2 aromatic rings. The molecule has 6 nitrogen and oxygen atoms in total. The number of carbonyl (C=O) groups is 2. The third-order valence-corrected chi connectivity index (χ3v) is 5.59. The van der Waals surface area contributed by atoms with Gasteiger partial charge in [0.2, 0.25) is 5.91 Å². The number of hydrogen-bond acceptors (Lipinski definition) is 4. The standard InChI is InChI=1S/C21H22Cl2N2O4/c1-28-15-10-14(11-16(12-15)29-2)21(27)25-8-6-13(7-9-25)20(26)24-19-17(22)4-3-5-18(19)23/h3-5,10-13H,6-9H2,1-2H3,(H,24,26). The zero-order valence-electron chi connectivity index (χ0n) is 16.2. The van der Waals surface area contributed by atoms with Crippen LogP contribution < -0.4 is 14.8 Å². The highest BCUT2D eigenvalue weighted by molar-refractivity contribution is 6.39. The van der Waals surface area contributed by atoms with E-state index in [0.29, 0.717) is 58.7 Å². The number of nitrogens with zero attached hydrogens (tertiary/aromatic N) is 1. The number of benzene rings is 2. The predicted octanol–water partition coefficient (Wildman–Crippen LogP) is 4.50. The lowest BCUT2D eigenvalue weighted by molar-refractivity contribution is -0.121. The van der Waals surface area contributed by atoms with Crippen LogP contribution >= 0.6 is 23.2 Å². The second-order valence-electron chi connectivity index (χ2n) is 6.75. The first kappa shape index (κ1) is 21.3. The van der Waals surface area contributed by atoms with Gasteiger partial charge < -0.3 is 19.7 Å². The molecule has 1 aliphatic heterocycles. The van der Waals surface area contributed by atoms with Gasteiger partial charge in [0.05, 0.1) is 30.0 Å². The van der Waals surface area contributed by atoms with E-state index in [0.717, 1.165) is 0 Å². The van der Waals surface area contributed by atoms with Crippen LogP contribution in [0.1, 0.15) is 23.2 Å². The first-order valence-electron chi connectivity index (χ1n) is 9.20. The van der Waals surface area contributed by atoms with Crippen molar-refractivity contribution >= 4 is 40.7 Å². The monoisotopic (exact) mass is 436 g/mol. The van der Waals surface area contributed by atoms with Crippen molar-refractivity contribution in [1.29, 1.82) is 0 Å². The minimum atomic E-state index is -0.216. The number of piperidine rings is 1. The summed E-state index contributed by atoms with van der Waals surface area (Å²) in [5.74, 6) is 0.633. The molecule has 1 aliphatic rings. The lowest BCUT2D eigenvalue weighted by Gasteiger charge is -2.31. The van der Waals surface area contributed by atoms with Gasteiger partial charge in [0.25, 0.3) is 5.91 Å². The Kier molecular flexibility index (Phi) is 6.87. The molecule has 8 heteroatoms. The van der Waals surface area contributed by atoms with E-state index in [-0.39, 0.29) is 17.7 Å². The summed E-state index contributed by atoms with van der Waals surface area (Å²) in [5.41, 5.74) is 0.912. The average Bonchev–Trinajstić information content (AvgIpc) is 2.75. The average molecular weight is 437 g/mol. The van der Waals surface area contributed by atoms with E-state index in [2.05, 4.69) is 5.32 Å². The fourth-order valence-corrected chi connectivity index (χ4v) is 3.79. The summed E-state index contributed by atoms with van der Waals surface area (Å²) >= 11 is 12.2. The zero-order chi connectivity index (χ0) is 21.0. The van der Waals surface area contributed by atoms with Gasteiger partial charge in [-0.3, -0.25) is 9.59 Å². The summed E-state index contributed by atoms with van der Waals surface area (Å²) in [4.78, 5) is 27.2. The number of halogens is 2. The van der Waals surface area contributed by atoms with Crippen LogP contribution in [0.2, 0.25) is 10.0 Å². The van der Waals surface area contributed by atoms with Gasteiger partial charge in [0.1, 0.15) is 11.5 Å². The van der Waals surface area contributed by atoms with Crippen LogP contribution in [0.15, 0.2) is 36.4 Å². The van der Waals surface area contributed by atoms with E-state index < -0.39 is 0 Å². The third-order valence-electron chi connectivity index (χ3n) is 4.96. The van der Waals surface area contributed by atoms with E-state index in [1.807, 2.05) is 0 Å². The number of rotatable bonds is 5. The SMILES string of the molecule is COc1cc(OC)cc(C(=O)N2CCC(C(=O)Nc3c(Cl)cccc3Cl)CC2)c1. The van der Waals surface area contributed by atoms with Gasteiger partial charge in [-0.25, -0.2) is 0 Å². The Morgan fingerprint density at radius 3 is 2.07 bits per heavy atom. The van der Waals surface area contributed by atoms with Crippen LogP contribution in [0.3, 0.4) is 0 Å². The van der Waals surface area contributed by atoms with Crippen LogP contribution in [0.5, 0.6) is 11.5 Å². The largest absolute Gasteiger partial charge is 0.497 e. The van der Waals surface area contributed by atoms with Crippen molar-refractivity contribution in [2.45, 2.75) is 12.8 Å². The number of amides is 2. The van der Waals surface area contributed by atoms with E-state index >= 15 is 0 Å². The molecule has 1 N–H and O–H groups in total. The quantitative estimate of drug-likeness (QED) is 0.748. The van der Waals surface area contributed by atoms with Crippen molar-refractivity contribution < 1.29 is 19.1 Å². The van der Waals surface area contributed by atoms with Crippen molar-refractivity contribution in [3.63, 3.8) is 0 Å². The molecule has 154 valence electrons. The number of methoxy groups -OCH3 is 2. The van der Waals surface area contributed by atoms with Crippen LogP contribution in [0, 0.1) is 5.92 Å². The van der Waals surface area contributed by atoms with Gasteiger partial charge in [0.15, 0.2) is 0 Å². The number of likely N-dealkylation sites (tertiary alicyclic amines) is 1. The van der Waals surface area contributed by atoms with E-state index in [9.17, 15) is 9.59 Å². The van der Waals surface area contributed by atoms with Crippen molar-refractivity contribution in [2.24, 2.45) is 5.92 Å². The molecule has 0 aliphatic carbocycles. The highest BCUT2D eigenvalue weighted by atomic mass is 35.5. The maximum Gasteiger partial charge on any atom is 0.254 e. The molecule has 1 fully saturated rings. The van der Waals surface area contributed by atoms with Crippen molar-refractivity contribution in [3.05, 3.63) is 52.0 Å². The third kappa shape index (κ3) is 4.95. The topological polar surface area (TPSA) is 67.9 Å². The number of para-hydroxylation sites is 1. The highest BCUT2D eigenvalue weighted by Crippen LogP contribution is 2.31. The Morgan fingerprint density at radius 2 is 1.55 bits per heavy atom. The maximum atomic E-state index is 12.9. The van der Waals surface area contributed by atoms with Crippen molar-refractivity contribution in [1.82, 2.24) is 4.90 Å². The minimum absolute atomic E-state index is 0.116. The lowest BCUT2D eigenvalue weighted by atomic mass is 9.95. The summed E-state index contributed by atoms with van der Waals surface area (Å²) < 4.78 is 10.5. The highest BCUT2D eigenvalue weighted by Gasteiger charge is 2.29. The number of anilines is 1. The maximum absolute atomic E-state index is 12.9. The van der Waals surface area contributed by atoms with Gasteiger partial charge in [-0.05, 0) is 37.1 Å². The molecule has 2 amide bonds. The van der Waals surface area contributed by atoms with Crippen LogP contribution in [-0.4, -0.2) is 44.0 Å². The number of hydrogen-bond donors (Lipinski definition) is 1. The second-order valence-corrected chi connectivity index (χ2v) is 7.57. The lowest BCUT2D eigenvalue weighted by Crippen LogP contribution is -2.41. The summed E-state index contributed by atoms with van der Waals surface area (Å²) in [6.07, 6.45) is 1.11. The molecular formula is C21H22Cl2N2O4. The fraction of sp³-hybridized carbons (Fsp3) is 0.333. The van der Waals surface area contributed by atoms with Crippen molar-refractivity contribution in [3.8, 4) is 11.5 Å². The Morgan fingerprint density at radius 1 is 1.00 bits per heavy atom. The van der Waals surface area contributed by atoms with Crippen LogP contribution in [0.25, 0.3) is 0 Å². The summed E-state index contributed by atoms with van der Waals surface area (Å²) in [7, 11) is 3.08. The smallest absolute Gasteiger partial charge is 0.254 e. The molecule has 1 heterocycles. The van der Waals surface area contributed by atoms with E-state index in [1.165, 1.54) is 0 Å². The molecule has 0 spiro atoms. The van der Waals surface area contributed by atoms with Crippen molar-refractivity contribution in [2.75, 3.05) is 32.6 Å². The van der Waals surface area contributed by atoms with Gasteiger partial charge >= 0.3 is 0 Å². The molecule has 3 rings (SSSR count). The molecule has 1 saturated heterocycles. The predicted molar refractivity (Wildman–Crippen MR) is 113 cm³/mol. The molecule has 0 unspecified atom stereocenters. The second kappa shape index (κ2) is 9.37. The fourth-order valence-electron chi connectivity index (χ4n) is 3.30. The first-order chi connectivity index (χ1) is 13.9. The normalized spacial score (nSPS) is 14.4. The Hall–Kier alpha value is -2.44. The minimum Gasteiger partial charge on any atom is -0.497 e. The van der Waals surface area contributed by atoms with Crippen LogP contribution in [0.4, 0.5) is 5.69 Å². The van der Waals surface area contributed by atoms with Gasteiger partial charge in [-0.1, -0.05) is 29.3 Å². The Labute approximate surface area is 179 Å². The van der Waals surface area contributed by atoms with E-state index in [4.69, 9.17) is 32.7 Å². The zero-order valence-corrected chi connectivity index (χ0v) is 17.7. The molecule has 29 heavy (non-hydrogen) atoms. The molecule has 0 bridgehead atoms. The molecular weight excluding hydrogens is 415 g/mol. The number of nitrogens with one attached hydrogen (secondary N) is 1.